The first-order chi connectivity index (χ1) is 16.9. The quantitative estimate of drug-likeness (QED) is 0.557. The second kappa shape index (κ2) is 11.5. The van der Waals surface area contributed by atoms with Crippen LogP contribution < -0.4 is 5.32 Å². The van der Waals surface area contributed by atoms with Crippen LogP contribution in [0.25, 0.3) is 0 Å². The van der Waals surface area contributed by atoms with Crippen molar-refractivity contribution < 1.29 is 24.2 Å². The van der Waals surface area contributed by atoms with E-state index in [0.29, 0.717) is 37.7 Å². The van der Waals surface area contributed by atoms with Crippen LogP contribution in [0.4, 0.5) is 0 Å². The molecule has 2 aromatic carbocycles. The number of nitrogens with zero attached hydrogens (tertiary/aromatic N) is 1. The van der Waals surface area contributed by atoms with E-state index in [4.69, 9.17) is 26.2 Å². The van der Waals surface area contributed by atoms with Gasteiger partial charge in [-0.2, -0.15) is 0 Å². The molecule has 188 valence electrons. The molecule has 4 rings (SSSR count). The maximum absolute atomic E-state index is 13.7. The lowest BCUT2D eigenvalue weighted by Crippen LogP contribution is -2.63. The smallest absolute Gasteiger partial charge is 0.335 e. The van der Waals surface area contributed by atoms with Crippen molar-refractivity contribution in [1.29, 1.82) is 0 Å². The van der Waals surface area contributed by atoms with E-state index in [1.165, 1.54) is 0 Å². The molecular weight excluding hydrogens is 468 g/mol. The van der Waals surface area contributed by atoms with E-state index in [2.05, 4.69) is 10.2 Å². The predicted octanol–water partition coefficient (Wildman–Crippen LogP) is 4.45. The number of ether oxygens (including phenoxy) is 2. The maximum atomic E-state index is 13.7. The highest BCUT2D eigenvalue weighted by Gasteiger charge is 2.46. The van der Waals surface area contributed by atoms with Crippen molar-refractivity contribution in [3.05, 3.63) is 70.2 Å². The fourth-order valence-electron chi connectivity index (χ4n) is 5.02. The lowest BCUT2D eigenvalue weighted by atomic mass is 9.84. The third-order valence-electron chi connectivity index (χ3n) is 7.17. The Hall–Kier alpha value is -2.45. The largest absolute Gasteiger partial charge is 0.478 e. The van der Waals surface area contributed by atoms with Crippen molar-refractivity contribution >= 4 is 23.5 Å². The van der Waals surface area contributed by atoms with Crippen molar-refractivity contribution in [2.45, 2.75) is 56.9 Å². The molecule has 0 spiro atoms. The highest BCUT2D eigenvalue weighted by atomic mass is 35.5. The van der Waals surface area contributed by atoms with Gasteiger partial charge in [-0.05, 0) is 68.0 Å². The first-order valence-corrected chi connectivity index (χ1v) is 12.6. The molecule has 0 aromatic heterocycles. The zero-order chi connectivity index (χ0) is 24.8. The number of piperidine rings is 1. The van der Waals surface area contributed by atoms with Crippen molar-refractivity contribution in [3.8, 4) is 0 Å². The van der Waals surface area contributed by atoms with Crippen molar-refractivity contribution in [3.63, 3.8) is 0 Å². The molecule has 0 unspecified atom stereocenters. The molecule has 35 heavy (non-hydrogen) atoms. The molecule has 2 heterocycles. The van der Waals surface area contributed by atoms with Gasteiger partial charge in [-0.15, -0.1) is 0 Å². The zero-order valence-corrected chi connectivity index (χ0v) is 20.8. The number of hydrogen-bond acceptors (Lipinski definition) is 5. The molecular formula is C27H33ClN2O5. The molecule has 1 amide bonds. The van der Waals surface area contributed by atoms with Gasteiger partial charge in [0.2, 0.25) is 5.91 Å². The van der Waals surface area contributed by atoms with Gasteiger partial charge in [0, 0.05) is 31.3 Å². The fraction of sp³-hybridized carbons (Fsp3) is 0.481. The van der Waals surface area contributed by atoms with Gasteiger partial charge in [0.05, 0.1) is 24.3 Å². The maximum Gasteiger partial charge on any atom is 0.335 e. The number of nitrogens with one attached hydrogen (secondary N) is 1. The summed E-state index contributed by atoms with van der Waals surface area (Å²) < 4.78 is 11.8. The third-order valence-corrected chi connectivity index (χ3v) is 7.40. The first kappa shape index (κ1) is 25.6. The zero-order valence-electron chi connectivity index (χ0n) is 20.0. The fourth-order valence-corrected chi connectivity index (χ4v) is 5.23. The number of halogens is 1. The summed E-state index contributed by atoms with van der Waals surface area (Å²) in [6.45, 7) is 5.14. The van der Waals surface area contributed by atoms with Gasteiger partial charge in [0.15, 0.2) is 0 Å². The third kappa shape index (κ3) is 6.22. The van der Waals surface area contributed by atoms with Gasteiger partial charge in [0.25, 0.3) is 0 Å². The van der Waals surface area contributed by atoms with Gasteiger partial charge in [0.1, 0.15) is 5.54 Å². The summed E-state index contributed by atoms with van der Waals surface area (Å²) in [6, 6.07) is 14.1. The predicted molar refractivity (Wildman–Crippen MR) is 134 cm³/mol. The van der Waals surface area contributed by atoms with Crippen LogP contribution in [0, 0.1) is 0 Å². The Labute approximate surface area is 211 Å². The molecule has 0 aliphatic carbocycles. The van der Waals surface area contributed by atoms with Crippen LogP contribution in [0.1, 0.15) is 60.1 Å². The molecule has 7 nitrogen and oxygen atoms in total. The number of amides is 1. The Morgan fingerprint density at radius 3 is 2.49 bits per heavy atom. The molecule has 0 bridgehead atoms. The summed E-state index contributed by atoms with van der Waals surface area (Å²) in [7, 11) is 0. The van der Waals surface area contributed by atoms with E-state index in [9.17, 15) is 9.59 Å². The average molecular weight is 501 g/mol. The molecule has 0 saturated carbocycles. The number of carbonyl (C=O) groups is 2. The van der Waals surface area contributed by atoms with E-state index >= 15 is 0 Å². The Kier molecular flexibility index (Phi) is 8.44. The monoisotopic (exact) mass is 500 g/mol. The molecule has 0 radical (unpaired) electrons. The van der Waals surface area contributed by atoms with Crippen molar-refractivity contribution in [1.82, 2.24) is 10.2 Å². The van der Waals surface area contributed by atoms with E-state index in [-0.39, 0.29) is 23.6 Å². The van der Waals surface area contributed by atoms with Crippen LogP contribution in [0.3, 0.4) is 0 Å². The van der Waals surface area contributed by atoms with Gasteiger partial charge in [-0.25, -0.2) is 4.79 Å². The number of hydrogen-bond donors (Lipinski definition) is 2. The molecule has 8 heteroatoms. The van der Waals surface area contributed by atoms with Crippen LogP contribution in [0.15, 0.2) is 48.5 Å². The standard InChI is InChI=1S/C27H33ClN2O5/c1-19(21-5-7-22(8-6-21)25(31)32)29-26(33)27(11-15-34-16-12-27)30-13-9-24(10-14-30)35-18-20-3-2-4-23(28)17-20/h2-8,17,19,24H,9-16,18H2,1H3,(H,29,33)(H,31,32)/t19-/m0/s1. The average Bonchev–Trinajstić information content (AvgIpc) is 2.88. The summed E-state index contributed by atoms with van der Waals surface area (Å²) in [5.41, 5.74) is 1.56. The number of likely N-dealkylation sites (tertiary alicyclic amines) is 1. The Balaban J connectivity index is 1.37. The Morgan fingerprint density at radius 1 is 1.17 bits per heavy atom. The molecule has 2 fully saturated rings. The molecule has 2 aliphatic rings. The molecule has 2 N–H and O–H groups in total. The van der Waals surface area contributed by atoms with Gasteiger partial charge in [-0.3, -0.25) is 9.69 Å². The Bertz CT molecular complexity index is 1010. The summed E-state index contributed by atoms with van der Waals surface area (Å²) in [5, 5.41) is 13.0. The minimum Gasteiger partial charge on any atom is -0.478 e. The second-order valence-electron chi connectivity index (χ2n) is 9.39. The van der Waals surface area contributed by atoms with E-state index in [0.717, 1.165) is 37.1 Å². The van der Waals surface area contributed by atoms with Crippen molar-refractivity contribution in [2.75, 3.05) is 26.3 Å². The minimum atomic E-state index is -0.964. The van der Waals surface area contributed by atoms with Crippen LogP contribution in [0.2, 0.25) is 5.02 Å². The Morgan fingerprint density at radius 2 is 1.86 bits per heavy atom. The summed E-state index contributed by atoms with van der Waals surface area (Å²) in [5.74, 6) is -0.955. The second-order valence-corrected chi connectivity index (χ2v) is 9.83. The van der Waals surface area contributed by atoms with E-state index in [1.807, 2.05) is 31.2 Å². The summed E-state index contributed by atoms with van der Waals surface area (Å²) >= 11 is 6.08. The number of benzene rings is 2. The lowest BCUT2D eigenvalue weighted by molar-refractivity contribution is -0.145. The number of carbonyl (C=O) groups excluding carboxylic acids is 1. The van der Waals surface area contributed by atoms with Crippen LogP contribution in [0.5, 0.6) is 0 Å². The normalized spacial score (nSPS) is 19.7. The SMILES string of the molecule is C[C@H](NC(=O)C1(N2CCC(OCc3cccc(Cl)c3)CC2)CCOCC1)c1ccc(C(=O)O)cc1. The van der Waals surface area contributed by atoms with E-state index in [1.54, 1.807) is 24.3 Å². The molecule has 2 saturated heterocycles. The topological polar surface area (TPSA) is 88.1 Å². The highest BCUT2D eigenvalue weighted by Crippen LogP contribution is 2.33. The molecule has 2 aromatic rings. The van der Waals surface area contributed by atoms with Crippen LogP contribution in [-0.4, -0.2) is 59.8 Å². The number of aromatic carboxylic acids is 1. The summed E-state index contributed by atoms with van der Waals surface area (Å²) in [4.78, 5) is 27.1. The first-order valence-electron chi connectivity index (χ1n) is 12.2. The molecule has 1 atom stereocenters. The number of rotatable bonds is 8. The van der Waals surface area contributed by atoms with Crippen molar-refractivity contribution in [2.24, 2.45) is 0 Å². The van der Waals surface area contributed by atoms with Gasteiger partial charge < -0.3 is 19.9 Å². The lowest BCUT2D eigenvalue weighted by Gasteiger charge is -2.48. The van der Waals surface area contributed by atoms with Crippen LogP contribution in [-0.2, 0) is 20.9 Å². The van der Waals surface area contributed by atoms with Crippen LogP contribution >= 0.6 is 11.6 Å². The number of carboxylic acid groups (broad SMARTS) is 1. The minimum absolute atomic E-state index is 0.00825. The molecule has 2 aliphatic heterocycles. The summed E-state index contributed by atoms with van der Waals surface area (Å²) in [6.07, 6.45) is 3.18. The van der Waals surface area contributed by atoms with Gasteiger partial charge in [-0.1, -0.05) is 35.9 Å². The number of carboxylic acids is 1. The van der Waals surface area contributed by atoms with E-state index < -0.39 is 11.5 Å². The highest BCUT2D eigenvalue weighted by molar-refractivity contribution is 6.30. The van der Waals surface area contributed by atoms with Gasteiger partial charge >= 0.3 is 5.97 Å².